The number of nitrogens with one attached hydrogen (secondary N) is 1. The van der Waals surface area contributed by atoms with Gasteiger partial charge in [0.05, 0.1) is 58.1 Å². The van der Waals surface area contributed by atoms with Crippen molar-refractivity contribution in [3.8, 4) is 0 Å². The highest BCUT2D eigenvalue weighted by molar-refractivity contribution is 6.12. The largest absolute Gasteiger partial charge is 0.460 e. The Labute approximate surface area is 198 Å². The number of aliphatic hydroxyl groups is 1. The summed E-state index contributed by atoms with van der Waals surface area (Å²) in [6.45, 7) is -0.704. The molecule has 0 saturated heterocycles. The number of alkyl halides is 3. The summed E-state index contributed by atoms with van der Waals surface area (Å²) in [5, 5.41) is 32.6. The number of non-ortho nitro benzene ring substituents is 2. The van der Waals surface area contributed by atoms with Crippen molar-refractivity contribution in [2.45, 2.75) is 6.18 Å². The Hall–Kier alpha value is -4.44. The number of nitrogens with zero attached hydrogens (tertiary/aromatic N) is 2. The van der Waals surface area contributed by atoms with Gasteiger partial charge in [-0.3, -0.25) is 29.8 Å². The van der Waals surface area contributed by atoms with E-state index in [1.165, 1.54) is 0 Å². The first-order chi connectivity index (χ1) is 16.8. The quantitative estimate of drug-likeness (QED) is 0.148. The molecule has 0 aliphatic heterocycles. The van der Waals surface area contributed by atoms with Crippen molar-refractivity contribution in [3.05, 3.63) is 73.3 Å². The Bertz CT molecular complexity index is 1170. The van der Waals surface area contributed by atoms with Crippen molar-refractivity contribution in [1.82, 2.24) is 0 Å². The van der Waals surface area contributed by atoms with Crippen molar-refractivity contribution in [1.29, 1.82) is 0 Å². The molecule has 0 aliphatic rings. The Morgan fingerprint density at radius 1 is 0.917 bits per heavy atom. The van der Waals surface area contributed by atoms with E-state index in [0.29, 0.717) is 30.3 Å². The second-order valence-corrected chi connectivity index (χ2v) is 6.77. The fourth-order valence-electron chi connectivity index (χ4n) is 2.70. The lowest BCUT2D eigenvalue weighted by Gasteiger charge is -2.14. The second kappa shape index (κ2) is 11.8. The number of hydrogen-bond acceptors (Lipinski definition) is 10. The number of anilines is 1. The van der Waals surface area contributed by atoms with Gasteiger partial charge in [-0.1, -0.05) is 0 Å². The zero-order valence-corrected chi connectivity index (χ0v) is 17.9. The average Bonchev–Trinajstić information content (AvgIpc) is 2.82. The van der Waals surface area contributed by atoms with Gasteiger partial charge >= 0.3 is 12.1 Å². The summed E-state index contributed by atoms with van der Waals surface area (Å²) in [4.78, 5) is 56.7. The first-order valence-corrected chi connectivity index (χ1v) is 9.71. The van der Waals surface area contributed by atoms with E-state index in [9.17, 15) is 47.8 Å². The van der Waals surface area contributed by atoms with E-state index in [1.54, 1.807) is 0 Å². The first-order valence-electron chi connectivity index (χ1n) is 9.71. The van der Waals surface area contributed by atoms with E-state index in [4.69, 9.17) is 14.6 Å². The Morgan fingerprint density at radius 3 is 2.06 bits per heavy atom. The van der Waals surface area contributed by atoms with Crippen molar-refractivity contribution < 1.29 is 52.0 Å². The number of halogens is 3. The molecule has 2 aromatic rings. The van der Waals surface area contributed by atoms with Crippen molar-refractivity contribution >= 4 is 34.7 Å². The van der Waals surface area contributed by atoms with Crippen LogP contribution in [0.2, 0.25) is 0 Å². The highest BCUT2D eigenvalue weighted by atomic mass is 19.4. The number of benzene rings is 2. The number of hydrogen-bond donors (Lipinski definition) is 2. The van der Waals surface area contributed by atoms with Crippen LogP contribution in [0.1, 0.15) is 31.1 Å². The molecule has 0 heterocycles. The van der Waals surface area contributed by atoms with Crippen molar-refractivity contribution in [3.63, 3.8) is 0 Å². The Morgan fingerprint density at radius 2 is 1.53 bits per heavy atom. The number of rotatable bonds is 11. The van der Waals surface area contributed by atoms with Crippen molar-refractivity contribution in [2.75, 3.05) is 31.7 Å². The molecule has 0 spiro atoms. The topological polar surface area (TPSA) is 188 Å². The van der Waals surface area contributed by atoms with Crippen LogP contribution < -0.4 is 5.32 Å². The van der Waals surface area contributed by atoms with Crippen LogP contribution in [-0.4, -0.2) is 65.2 Å². The Balaban J connectivity index is 2.42. The summed E-state index contributed by atoms with van der Waals surface area (Å²) in [7, 11) is 0. The highest BCUT2D eigenvalue weighted by Gasteiger charge is 2.41. The molecule has 0 unspecified atom stereocenters. The maximum Gasteiger partial charge on any atom is 0.454 e. The summed E-state index contributed by atoms with van der Waals surface area (Å²) >= 11 is 0. The third-order valence-electron chi connectivity index (χ3n) is 4.29. The number of ether oxygens (including phenoxy) is 2. The number of nitro groups is 2. The van der Waals surface area contributed by atoms with Gasteiger partial charge in [0.2, 0.25) is 0 Å². The standard InChI is InChI=1S/C20H16F3N3O10/c21-20(22,23)17(28)15-2-1-11(19(30)36-6-5-35-4-3-27)9-16(15)24-18(29)12-7-13(25(31)32)10-14(8-12)26(33)34/h1-2,7-10,27H,3-6H2,(H,24,29). The summed E-state index contributed by atoms with van der Waals surface area (Å²) in [5.74, 6) is -4.77. The smallest absolute Gasteiger partial charge is 0.454 e. The van der Waals surface area contributed by atoms with Crippen LogP contribution in [0, 0.1) is 20.2 Å². The normalized spacial score (nSPS) is 11.0. The minimum Gasteiger partial charge on any atom is -0.460 e. The molecule has 2 aromatic carbocycles. The molecule has 36 heavy (non-hydrogen) atoms. The number of nitro benzene ring substituents is 2. The molecule has 0 radical (unpaired) electrons. The van der Waals surface area contributed by atoms with Gasteiger partial charge < -0.3 is 19.9 Å². The predicted molar refractivity (Wildman–Crippen MR) is 113 cm³/mol. The second-order valence-electron chi connectivity index (χ2n) is 6.77. The van der Waals surface area contributed by atoms with E-state index >= 15 is 0 Å². The van der Waals surface area contributed by atoms with Gasteiger partial charge in [-0.2, -0.15) is 13.2 Å². The molecule has 0 fully saturated rings. The number of amides is 1. The monoisotopic (exact) mass is 515 g/mol. The fourth-order valence-corrected chi connectivity index (χ4v) is 2.70. The zero-order valence-electron chi connectivity index (χ0n) is 17.9. The van der Waals surface area contributed by atoms with Crippen LogP contribution in [-0.2, 0) is 9.47 Å². The van der Waals surface area contributed by atoms with E-state index in [0.717, 1.165) is 6.07 Å². The summed E-state index contributed by atoms with van der Waals surface area (Å²) in [5.41, 5.74) is -4.61. The van der Waals surface area contributed by atoms with Gasteiger partial charge in [0, 0.05) is 12.1 Å². The molecule has 16 heteroatoms. The van der Waals surface area contributed by atoms with E-state index in [1.807, 2.05) is 5.32 Å². The number of carbonyl (C=O) groups excluding carboxylic acids is 3. The number of esters is 1. The maximum atomic E-state index is 13.1. The molecule has 0 atom stereocenters. The molecule has 0 bridgehead atoms. The summed E-state index contributed by atoms with van der Waals surface area (Å²) < 4.78 is 48.9. The molecular formula is C20H16F3N3O10. The molecule has 2 rings (SSSR count). The number of Topliss-reactive ketones (excluding diaryl/α,β-unsaturated/α-hetero) is 1. The highest BCUT2D eigenvalue weighted by Crippen LogP contribution is 2.29. The lowest BCUT2D eigenvalue weighted by Crippen LogP contribution is -2.25. The van der Waals surface area contributed by atoms with Crippen LogP contribution in [0.15, 0.2) is 36.4 Å². The SMILES string of the molecule is O=C(Nc1cc(C(=O)OCCOCCO)ccc1C(=O)C(F)(F)F)c1cc([N+](=O)[O-])cc([N+](=O)[O-])c1. The molecule has 0 aliphatic carbocycles. The van der Waals surface area contributed by atoms with Gasteiger partial charge in [-0.05, 0) is 18.2 Å². The lowest BCUT2D eigenvalue weighted by molar-refractivity contribution is -0.394. The summed E-state index contributed by atoms with van der Waals surface area (Å²) in [6.07, 6.45) is -5.37. The van der Waals surface area contributed by atoms with Crippen LogP contribution in [0.3, 0.4) is 0 Å². The van der Waals surface area contributed by atoms with E-state index in [2.05, 4.69) is 0 Å². The summed E-state index contributed by atoms with van der Waals surface area (Å²) in [6, 6.07) is 4.00. The lowest BCUT2D eigenvalue weighted by atomic mass is 10.0. The molecule has 2 N–H and O–H groups in total. The molecule has 13 nitrogen and oxygen atoms in total. The maximum absolute atomic E-state index is 13.1. The number of carbonyl (C=O) groups is 3. The minimum absolute atomic E-state index is 0.0300. The molecule has 192 valence electrons. The van der Waals surface area contributed by atoms with Crippen LogP contribution in [0.5, 0.6) is 0 Å². The molecular weight excluding hydrogens is 499 g/mol. The number of ketones is 1. The van der Waals surface area contributed by atoms with E-state index < -0.39 is 61.9 Å². The van der Waals surface area contributed by atoms with Gasteiger partial charge in [-0.25, -0.2) is 4.79 Å². The van der Waals surface area contributed by atoms with E-state index in [-0.39, 0.29) is 32.0 Å². The molecule has 0 aromatic heterocycles. The molecule has 0 saturated carbocycles. The van der Waals surface area contributed by atoms with Crippen molar-refractivity contribution in [2.24, 2.45) is 0 Å². The minimum atomic E-state index is -5.37. The molecule has 1 amide bonds. The van der Waals surface area contributed by atoms with Gasteiger partial charge in [-0.15, -0.1) is 0 Å². The fraction of sp³-hybridized carbons (Fsp3) is 0.250. The van der Waals surface area contributed by atoms with Gasteiger partial charge in [0.25, 0.3) is 23.1 Å². The van der Waals surface area contributed by atoms with Crippen LogP contribution >= 0.6 is 0 Å². The predicted octanol–water partition coefficient (Wildman–Crippen LogP) is 2.67. The third-order valence-corrected chi connectivity index (χ3v) is 4.29. The zero-order chi connectivity index (χ0) is 27.0. The van der Waals surface area contributed by atoms with Gasteiger partial charge in [0.15, 0.2) is 0 Å². The Kier molecular flexibility index (Phi) is 9.12. The van der Waals surface area contributed by atoms with Gasteiger partial charge in [0.1, 0.15) is 6.61 Å². The average molecular weight is 515 g/mol. The van der Waals surface area contributed by atoms with Crippen LogP contribution in [0.4, 0.5) is 30.2 Å². The number of aliphatic hydroxyl groups excluding tert-OH is 1. The first kappa shape index (κ1) is 27.8. The van der Waals surface area contributed by atoms with Crippen LogP contribution in [0.25, 0.3) is 0 Å². The third kappa shape index (κ3) is 7.28.